The van der Waals surface area contributed by atoms with Crippen LogP contribution in [0.4, 0.5) is 10.5 Å². The summed E-state index contributed by atoms with van der Waals surface area (Å²) in [5.74, 6) is -0.606. The summed E-state index contributed by atoms with van der Waals surface area (Å²) < 4.78 is 12.6. The van der Waals surface area contributed by atoms with Crippen LogP contribution in [0.2, 0.25) is 10.0 Å². The minimum absolute atomic E-state index is 0.219. The Morgan fingerprint density at radius 3 is 2.24 bits per heavy atom. The second-order valence-electron chi connectivity index (χ2n) is 8.94. The van der Waals surface area contributed by atoms with Gasteiger partial charge in [-0.2, -0.15) is 0 Å². The van der Waals surface area contributed by atoms with Crippen molar-refractivity contribution in [3.63, 3.8) is 0 Å². The summed E-state index contributed by atoms with van der Waals surface area (Å²) in [6.07, 6.45) is 1.38. The number of nitrogens with zero attached hydrogens (tertiary/aromatic N) is 1. The van der Waals surface area contributed by atoms with Gasteiger partial charge in [0, 0.05) is 15.1 Å². The van der Waals surface area contributed by atoms with Gasteiger partial charge in [-0.3, -0.25) is 14.9 Å². The molecule has 1 N–H and O–H groups in total. The zero-order valence-corrected chi connectivity index (χ0v) is 24.4. The van der Waals surface area contributed by atoms with Gasteiger partial charge in [0.25, 0.3) is 11.8 Å². The van der Waals surface area contributed by atoms with E-state index in [0.717, 1.165) is 20.5 Å². The average molecular weight is 652 g/mol. The Labute approximate surface area is 254 Å². The molecule has 0 aliphatic carbocycles. The number of amides is 4. The van der Waals surface area contributed by atoms with Crippen LogP contribution in [0, 0.1) is 0 Å². The molecule has 10 heteroatoms. The van der Waals surface area contributed by atoms with Gasteiger partial charge in [0.15, 0.2) is 0 Å². The molecule has 0 bridgehead atoms. The lowest BCUT2D eigenvalue weighted by molar-refractivity contribution is -0.122. The molecular weight excluding hydrogens is 631 g/mol. The predicted octanol–water partition coefficient (Wildman–Crippen LogP) is 7.58. The molecule has 1 aliphatic rings. The van der Waals surface area contributed by atoms with Gasteiger partial charge >= 0.3 is 6.03 Å². The van der Waals surface area contributed by atoms with Gasteiger partial charge in [-0.15, -0.1) is 0 Å². The maximum atomic E-state index is 13.3. The molecule has 0 radical (unpaired) electrons. The standard InChI is InChI=1S/C31H21BrCl2N2O5/c32-22-8-5-19(6-9-22)17-41-28-14-7-20(16-27(28)34)15-25-29(37)35-31(39)36(30(25)38)23-10-12-24(13-11-23)40-18-21-3-1-2-4-26(21)33/h1-16H,17-18H2,(H,35,37,39)/b25-15+. The summed E-state index contributed by atoms with van der Waals surface area (Å²) in [5, 5.41) is 3.11. The normalized spacial score (nSPS) is 14.3. The summed E-state index contributed by atoms with van der Waals surface area (Å²) in [5.41, 5.74) is 2.32. The maximum absolute atomic E-state index is 13.3. The van der Waals surface area contributed by atoms with Crippen LogP contribution in [0.1, 0.15) is 16.7 Å². The molecule has 41 heavy (non-hydrogen) atoms. The van der Waals surface area contributed by atoms with Crippen molar-refractivity contribution >= 4 is 68.7 Å². The lowest BCUT2D eigenvalue weighted by Gasteiger charge is -2.26. The minimum atomic E-state index is -0.850. The summed E-state index contributed by atoms with van der Waals surface area (Å²) >= 11 is 16.0. The van der Waals surface area contributed by atoms with Gasteiger partial charge in [0.1, 0.15) is 30.3 Å². The Morgan fingerprint density at radius 2 is 1.54 bits per heavy atom. The zero-order valence-electron chi connectivity index (χ0n) is 21.3. The monoisotopic (exact) mass is 650 g/mol. The van der Waals surface area contributed by atoms with Gasteiger partial charge in [0.05, 0.1) is 10.7 Å². The van der Waals surface area contributed by atoms with Crippen LogP contribution < -0.4 is 19.7 Å². The third-order valence-corrected chi connectivity index (χ3v) is 7.32. The SMILES string of the molecule is O=C1NC(=O)N(c2ccc(OCc3ccccc3Cl)cc2)C(=O)/C1=C/c1ccc(OCc2ccc(Br)cc2)c(Cl)c1. The molecule has 0 saturated carbocycles. The predicted molar refractivity (Wildman–Crippen MR) is 161 cm³/mol. The largest absolute Gasteiger partial charge is 0.489 e. The number of ether oxygens (including phenoxy) is 2. The number of rotatable bonds is 8. The van der Waals surface area contributed by atoms with E-state index < -0.39 is 17.8 Å². The second-order valence-corrected chi connectivity index (χ2v) is 10.7. The van der Waals surface area contributed by atoms with E-state index in [1.165, 1.54) is 6.08 Å². The zero-order chi connectivity index (χ0) is 28.9. The number of hydrogen-bond acceptors (Lipinski definition) is 5. The molecular formula is C31H21BrCl2N2O5. The number of benzene rings is 4. The van der Waals surface area contributed by atoms with E-state index in [-0.39, 0.29) is 17.9 Å². The van der Waals surface area contributed by atoms with Crippen LogP contribution in [-0.4, -0.2) is 17.8 Å². The molecule has 0 spiro atoms. The number of carbonyl (C=O) groups is 3. The number of nitrogens with one attached hydrogen (secondary N) is 1. The van der Waals surface area contributed by atoms with Crippen molar-refractivity contribution < 1.29 is 23.9 Å². The molecule has 1 fully saturated rings. The fraction of sp³-hybridized carbons (Fsp3) is 0.0645. The van der Waals surface area contributed by atoms with Crippen molar-refractivity contribution in [1.82, 2.24) is 5.32 Å². The fourth-order valence-corrected chi connectivity index (χ4v) is 4.69. The molecule has 1 aliphatic heterocycles. The molecule has 0 aromatic heterocycles. The van der Waals surface area contributed by atoms with Gasteiger partial charge in [-0.05, 0) is 71.8 Å². The Bertz CT molecular complexity index is 1660. The Balaban J connectivity index is 1.29. The molecule has 4 aromatic carbocycles. The van der Waals surface area contributed by atoms with E-state index in [1.54, 1.807) is 48.5 Å². The fourth-order valence-electron chi connectivity index (χ4n) is 3.99. The topological polar surface area (TPSA) is 84.9 Å². The summed E-state index contributed by atoms with van der Waals surface area (Å²) in [4.78, 5) is 39.4. The smallest absolute Gasteiger partial charge is 0.335 e. The van der Waals surface area contributed by atoms with Crippen LogP contribution in [0.5, 0.6) is 11.5 Å². The number of halogens is 3. The average Bonchev–Trinajstić information content (AvgIpc) is 2.96. The molecule has 4 amide bonds. The third-order valence-electron chi connectivity index (χ3n) is 6.12. The van der Waals surface area contributed by atoms with Crippen LogP contribution in [0.3, 0.4) is 0 Å². The van der Waals surface area contributed by atoms with Crippen molar-refractivity contribution in [3.8, 4) is 11.5 Å². The molecule has 1 heterocycles. The van der Waals surface area contributed by atoms with Gasteiger partial charge in [0.2, 0.25) is 0 Å². The number of barbiturate groups is 1. The van der Waals surface area contributed by atoms with E-state index in [2.05, 4.69) is 21.2 Å². The van der Waals surface area contributed by atoms with Crippen molar-refractivity contribution in [2.24, 2.45) is 0 Å². The van der Waals surface area contributed by atoms with Crippen molar-refractivity contribution in [1.29, 1.82) is 0 Å². The van der Waals surface area contributed by atoms with E-state index in [4.69, 9.17) is 32.7 Å². The third kappa shape index (κ3) is 6.79. The molecule has 7 nitrogen and oxygen atoms in total. The van der Waals surface area contributed by atoms with Crippen molar-refractivity contribution in [2.75, 3.05) is 4.90 Å². The first-order chi connectivity index (χ1) is 19.8. The second kappa shape index (κ2) is 12.6. The number of carbonyl (C=O) groups excluding carboxylic acids is 3. The highest BCUT2D eigenvalue weighted by molar-refractivity contribution is 9.10. The highest BCUT2D eigenvalue weighted by Gasteiger charge is 2.36. The lowest BCUT2D eigenvalue weighted by Crippen LogP contribution is -2.54. The molecule has 4 aromatic rings. The quantitative estimate of drug-likeness (QED) is 0.157. The summed E-state index contributed by atoms with van der Waals surface area (Å²) in [6.45, 7) is 0.565. The Morgan fingerprint density at radius 1 is 0.805 bits per heavy atom. The number of anilines is 1. The van der Waals surface area contributed by atoms with Gasteiger partial charge in [-0.1, -0.05) is 75.5 Å². The highest BCUT2D eigenvalue weighted by Crippen LogP contribution is 2.29. The Kier molecular flexibility index (Phi) is 8.73. The molecule has 0 unspecified atom stereocenters. The first-order valence-electron chi connectivity index (χ1n) is 12.3. The molecule has 1 saturated heterocycles. The first kappa shape index (κ1) is 28.4. The lowest BCUT2D eigenvalue weighted by atomic mass is 10.1. The molecule has 206 valence electrons. The van der Waals surface area contributed by atoms with Gasteiger partial charge in [-0.25, -0.2) is 9.69 Å². The van der Waals surface area contributed by atoms with E-state index in [1.807, 2.05) is 42.5 Å². The van der Waals surface area contributed by atoms with Crippen molar-refractivity contribution in [2.45, 2.75) is 13.2 Å². The molecule has 0 atom stereocenters. The van der Waals surface area contributed by atoms with Crippen LogP contribution in [-0.2, 0) is 22.8 Å². The number of imide groups is 2. The Hall–Kier alpha value is -4.11. The maximum Gasteiger partial charge on any atom is 0.335 e. The highest BCUT2D eigenvalue weighted by atomic mass is 79.9. The summed E-state index contributed by atoms with van der Waals surface area (Å²) in [6, 6.07) is 25.4. The minimum Gasteiger partial charge on any atom is -0.489 e. The number of hydrogen-bond donors (Lipinski definition) is 1. The van der Waals surface area contributed by atoms with E-state index in [0.29, 0.717) is 33.7 Å². The summed E-state index contributed by atoms with van der Waals surface area (Å²) in [7, 11) is 0. The van der Waals surface area contributed by atoms with Crippen LogP contribution in [0.25, 0.3) is 6.08 Å². The molecule has 5 rings (SSSR count). The van der Waals surface area contributed by atoms with E-state index in [9.17, 15) is 14.4 Å². The van der Waals surface area contributed by atoms with E-state index >= 15 is 0 Å². The van der Waals surface area contributed by atoms with Crippen molar-refractivity contribution in [3.05, 3.63) is 128 Å². The van der Waals surface area contributed by atoms with Gasteiger partial charge < -0.3 is 9.47 Å². The first-order valence-corrected chi connectivity index (χ1v) is 13.9. The van der Waals surface area contributed by atoms with Crippen LogP contribution >= 0.6 is 39.1 Å². The van der Waals surface area contributed by atoms with Crippen LogP contribution in [0.15, 0.2) is 101 Å². The number of urea groups is 1.